The number of carbonyl (C=O) groups is 2. The van der Waals surface area contributed by atoms with Crippen molar-refractivity contribution < 1.29 is 23.5 Å². The average molecular weight is 476 g/mol. The summed E-state index contributed by atoms with van der Waals surface area (Å²) in [5, 5.41) is 0.724. The van der Waals surface area contributed by atoms with E-state index in [0.717, 1.165) is 27.7 Å². The molecule has 4 aromatic rings. The van der Waals surface area contributed by atoms with E-state index in [1.807, 2.05) is 37.3 Å². The Labute approximate surface area is 202 Å². The highest BCUT2D eigenvalue weighted by atomic mass is 19.1. The number of nitrogens with one attached hydrogen (secondary N) is 3. The molecule has 1 heterocycles. The van der Waals surface area contributed by atoms with Crippen molar-refractivity contribution in [1.29, 1.82) is 0 Å². The van der Waals surface area contributed by atoms with Crippen molar-refractivity contribution in [1.82, 2.24) is 15.8 Å². The molecule has 2 amide bonds. The van der Waals surface area contributed by atoms with Crippen LogP contribution >= 0.6 is 0 Å². The second-order valence-electron chi connectivity index (χ2n) is 7.84. The number of fused-ring (bicyclic) bond motifs is 1. The third-order valence-electron chi connectivity index (χ3n) is 5.57. The molecule has 0 unspecified atom stereocenters. The topological polar surface area (TPSA) is 92.5 Å². The Morgan fingerprint density at radius 2 is 1.77 bits per heavy atom. The molecular weight excluding hydrogens is 449 g/mol. The molecule has 0 spiro atoms. The summed E-state index contributed by atoms with van der Waals surface area (Å²) in [6.07, 6.45) is 0.447. The summed E-state index contributed by atoms with van der Waals surface area (Å²) < 4.78 is 24.7. The molecule has 3 aromatic carbocycles. The van der Waals surface area contributed by atoms with Gasteiger partial charge in [0.25, 0.3) is 5.91 Å². The molecule has 0 radical (unpaired) electrons. The van der Waals surface area contributed by atoms with Crippen LogP contribution in [0.4, 0.5) is 4.39 Å². The van der Waals surface area contributed by atoms with Crippen LogP contribution in [0.2, 0.25) is 0 Å². The number of aromatic amines is 1. The van der Waals surface area contributed by atoms with E-state index in [1.165, 1.54) is 19.2 Å². The number of benzene rings is 3. The average Bonchev–Trinajstić information content (AvgIpc) is 3.24. The van der Waals surface area contributed by atoms with E-state index in [2.05, 4.69) is 15.8 Å². The van der Waals surface area contributed by atoms with Crippen LogP contribution in [-0.2, 0) is 11.2 Å². The van der Waals surface area contributed by atoms with E-state index in [-0.39, 0.29) is 18.1 Å². The maximum absolute atomic E-state index is 14.0. The van der Waals surface area contributed by atoms with Gasteiger partial charge >= 0.3 is 0 Å². The zero-order valence-electron chi connectivity index (χ0n) is 19.5. The molecule has 0 aliphatic rings. The monoisotopic (exact) mass is 475 g/mol. The Morgan fingerprint density at radius 3 is 2.51 bits per heavy atom. The third-order valence-corrected chi connectivity index (χ3v) is 5.57. The molecule has 0 atom stereocenters. The van der Waals surface area contributed by atoms with Crippen molar-refractivity contribution in [2.24, 2.45) is 0 Å². The lowest BCUT2D eigenvalue weighted by Crippen LogP contribution is -2.41. The Kier molecular flexibility index (Phi) is 7.30. The normalized spacial score (nSPS) is 10.7. The van der Waals surface area contributed by atoms with Gasteiger partial charge in [-0.25, -0.2) is 4.39 Å². The Hall–Kier alpha value is -4.33. The highest BCUT2D eigenvalue weighted by Crippen LogP contribution is 2.32. The van der Waals surface area contributed by atoms with E-state index >= 15 is 0 Å². The molecule has 0 fully saturated rings. The van der Waals surface area contributed by atoms with Gasteiger partial charge in [-0.15, -0.1) is 0 Å². The largest absolute Gasteiger partial charge is 0.493 e. The van der Waals surface area contributed by atoms with Gasteiger partial charge in [0.1, 0.15) is 5.82 Å². The molecular formula is C27H26FN3O4. The van der Waals surface area contributed by atoms with Crippen LogP contribution in [0.5, 0.6) is 11.5 Å². The van der Waals surface area contributed by atoms with E-state index in [4.69, 9.17) is 9.47 Å². The van der Waals surface area contributed by atoms with Crippen molar-refractivity contribution >= 4 is 22.7 Å². The second-order valence-corrected chi connectivity index (χ2v) is 7.84. The minimum absolute atomic E-state index is 0.0934. The fourth-order valence-electron chi connectivity index (χ4n) is 3.91. The summed E-state index contributed by atoms with van der Waals surface area (Å²) in [6, 6.07) is 19.0. The lowest BCUT2D eigenvalue weighted by Gasteiger charge is -2.12. The highest BCUT2D eigenvalue weighted by molar-refractivity contribution is 5.96. The minimum Gasteiger partial charge on any atom is -0.493 e. The van der Waals surface area contributed by atoms with Gasteiger partial charge in [-0.05, 0) is 60.9 Å². The lowest BCUT2D eigenvalue weighted by molar-refractivity contribution is -0.121. The predicted molar refractivity (Wildman–Crippen MR) is 132 cm³/mol. The number of aromatic nitrogens is 1. The van der Waals surface area contributed by atoms with Crippen LogP contribution in [0.25, 0.3) is 22.2 Å². The zero-order chi connectivity index (χ0) is 24.8. The van der Waals surface area contributed by atoms with Crippen LogP contribution in [0.1, 0.15) is 29.3 Å². The SMILES string of the molecule is CCOc1ccc(C(=O)NNC(=O)CCc2c(-c3ccccc3)[nH]c3ccc(F)cc23)cc1OC. The summed E-state index contributed by atoms with van der Waals surface area (Å²) in [5.74, 6) is -0.259. The molecule has 0 bridgehead atoms. The summed E-state index contributed by atoms with van der Waals surface area (Å²) >= 11 is 0. The lowest BCUT2D eigenvalue weighted by atomic mass is 10.0. The van der Waals surface area contributed by atoms with Crippen LogP contribution < -0.4 is 20.3 Å². The van der Waals surface area contributed by atoms with Gasteiger partial charge in [0.15, 0.2) is 11.5 Å². The van der Waals surface area contributed by atoms with Crippen molar-refractivity contribution in [3.05, 3.63) is 83.7 Å². The van der Waals surface area contributed by atoms with Gasteiger partial charge in [0, 0.05) is 28.6 Å². The van der Waals surface area contributed by atoms with Crippen molar-refractivity contribution in [2.75, 3.05) is 13.7 Å². The summed E-state index contributed by atoms with van der Waals surface area (Å²) in [7, 11) is 1.49. The Morgan fingerprint density at radius 1 is 0.971 bits per heavy atom. The van der Waals surface area contributed by atoms with Gasteiger partial charge in [0.05, 0.1) is 13.7 Å². The first kappa shape index (κ1) is 23.8. The van der Waals surface area contributed by atoms with E-state index in [1.54, 1.807) is 24.3 Å². The molecule has 35 heavy (non-hydrogen) atoms. The van der Waals surface area contributed by atoms with E-state index in [9.17, 15) is 14.0 Å². The molecule has 3 N–H and O–H groups in total. The first-order valence-corrected chi connectivity index (χ1v) is 11.3. The molecule has 0 saturated heterocycles. The quantitative estimate of drug-likeness (QED) is 0.320. The number of carbonyl (C=O) groups excluding carboxylic acids is 2. The molecule has 0 aliphatic carbocycles. The number of halogens is 1. The first-order chi connectivity index (χ1) is 17.0. The van der Waals surface area contributed by atoms with Crippen molar-refractivity contribution in [3.63, 3.8) is 0 Å². The maximum atomic E-state index is 14.0. The smallest absolute Gasteiger partial charge is 0.269 e. The minimum atomic E-state index is -0.487. The third kappa shape index (κ3) is 5.43. The molecule has 7 nitrogen and oxygen atoms in total. The molecule has 180 valence electrons. The van der Waals surface area contributed by atoms with E-state index in [0.29, 0.717) is 30.1 Å². The van der Waals surface area contributed by atoms with Gasteiger partial charge in [-0.3, -0.25) is 20.4 Å². The molecule has 0 saturated carbocycles. The second kappa shape index (κ2) is 10.7. The number of aryl methyl sites for hydroxylation is 1. The number of hydrazine groups is 1. The number of methoxy groups -OCH3 is 1. The number of amides is 2. The Bertz CT molecular complexity index is 1350. The summed E-state index contributed by atoms with van der Waals surface area (Å²) in [5.41, 5.74) is 8.58. The fraction of sp³-hybridized carbons (Fsp3) is 0.185. The Balaban J connectivity index is 1.44. The zero-order valence-corrected chi connectivity index (χ0v) is 19.5. The van der Waals surface area contributed by atoms with Crippen LogP contribution in [0, 0.1) is 5.82 Å². The standard InChI is InChI=1S/C27H26FN3O4/c1-3-35-23-13-9-18(15-24(23)34-2)27(33)31-30-25(32)14-11-20-21-16-19(28)10-12-22(21)29-26(20)17-7-5-4-6-8-17/h4-10,12-13,15-16,29H,3,11,14H2,1-2H3,(H,30,32)(H,31,33). The summed E-state index contributed by atoms with van der Waals surface area (Å²) in [6.45, 7) is 2.32. The number of rotatable bonds is 8. The number of ether oxygens (including phenoxy) is 2. The number of hydrogen-bond donors (Lipinski definition) is 3. The van der Waals surface area contributed by atoms with Crippen LogP contribution in [0.15, 0.2) is 66.7 Å². The van der Waals surface area contributed by atoms with Crippen LogP contribution in [-0.4, -0.2) is 30.5 Å². The van der Waals surface area contributed by atoms with E-state index < -0.39 is 5.91 Å². The molecule has 8 heteroatoms. The number of H-pyrrole nitrogens is 1. The van der Waals surface area contributed by atoms with Crippen molar-refractivity contribution in [2.45, 2.75) is 19.8 Å². The van der Waals surface area contributed by atoms with Crippen LogP contribution in [0.3, 0.4) is 0 Å². The number of hydrogen-bond acceptors (Lipinski definition) is 4. The molecule has 4 rings (SSSR count). The van der Waals surface area contributed by atoms with Gasteiger partial charge in [-0.1, -0.05) is 30.3 Å². The predicted octanol–water partition coefficient (Wildman–Crippen LogP) is 4.78. The molecule has 1 aromatic heterocycles. The van der Waals surface area contributed by atoms with Gasteiger partial charge in [-0.2, -0.15) is 0 Å². The highest BCUT2D eigenvalue weighted by Gasteiger charge is 2.16. The fourth-order valence-corrected chi connectivity index (χ4v) is 3.91. The summed E-state index contributed by atoms with van der Waals surface area (Å²) in [4.78, 5) is 28.4. The van der Waals surface area contributed by atoms with Crippen molar-refractivity contribution in [3.8, 4) is 22.8 Å². The van der Waals surface area contributed by atoms with Gasteiger partial charge in [0.2, 0.25) is 5.91 Å². The van der Waals surface area contributed by atoms with Gasteiger partial charge < -0.3 is 14.5 Å². The maximum Gasteiger partial charge on any atom is 0.269 e. The molecule has 0 aliphatic heterocycles. The first-order valence-electron chi connectivity index (χ1n) is 11.3.